The molecule has 1 atom stereocenters. The number of hydrogen-bond donors (Lipinski definition) is 1. The van der Waals surface area contributed by atoms with Crippen LogP contribution in [-0.4, -0.2) is 39.5 Å². The fraction of sp³-hybridized carbons (Fsp3) is 0.538. The van der Waals surface area contributed by atoms with Crippen molar-refractivity contribution in [3.8, 4) is 5.75 Å². The lowest BCUT2D eigenvalue weighted by Gasteiger charge is -2.23. The largest absolute Gasteiger partial charge is 0.495 e. The molecule has 8 heteroatoms. The van der Waals surface area contributed by atoms with Gasteiger partial charge in [0.1, 0.15) is 10.6 Å². The summed E-state index contributed by atoms with van der Waals surface area (Å²) in [5.41, 5.74) is 5.56. The number of ether oxygens (including phenoxy) is 1. The zero-order valence-corrected chi connectivity index (χ0v) is 14.4. The molecule has 120 valence electrons. The third-order valence-electron chi connectivity index (χ3n) is 3.76. The van der Waals surface area contributed by atoms with Gasteiger partial charge in [0, 0.05) is 18.1 Å². The average molecular weight is 355 g/mol. The summed E-state index contributed by atoms with van der Waals surface area (Å²) in [6.07, 6.45) is 0.756. The Morgan fingerprint density at radius 2 is 2.14 bits per heavy atom. The second kappa shape index (κ2) is 6.71. The Labute approximate surface area is 136 Å². The summed E-state index contributed by atoms with van der Waals surface area (Å²) in [5, 5.41) is 0.366. The molecule has 2 N–H and O–H groups in total. The Morgan fingerprint density at radius 3 is 2.67 bits per heavy atom. The molecular formula is C13H20Cl2N2O3S. The van der Waals surface area contributed by atoms with Crippen molar-refractivity contribution in [2.45, 2.75) is 18.2 Å². The van der Waals surface area contributed by atoms with E-state index >= 15 is 0 Å². The van der Waals surface area contributed by atoms with Crippen LogP contribution in [0.3, 0.4) is 0 Å². The van der Waals surface area contributed by atoms with E-state index in [1.54, 1.807) is 12.1 Å². The molecule has 0 aromatic heterocycles. The number of nitrogens with zero attached hydrogens (tertiary/aromatic N) is 1. The third-order valence-corrected chi connectivity index (χ3v) is 5.86. The topological polar surface area (TPSA) is 72.6 Å². The molecule has 1 fully saturated rings. The summed E-state index contributed by atoms with van der Waals surface area (Å²) < 4.78 is 32.0. The molecule has 0 amide bonds. The van der Waals surface area contributed by atoms with Crippen molar-refractivity contribution >= 4 is 34.0 Å². The molecule has 1 saturated heterocycles. The highest BCUT2D eigenvalue weighted by atomic mass is 35.5. The predicted molar refractivity (Wildman–Crippen MR) is 85.8 cm³/mol. The van der Waals surface area contributed by atoms with Crippen LogP contribution >= 0.6 is 24.0 Å². The van der Waals surface area contributed by atoms with E-state index in [4.69, 9.17) is 22.1 Å². The summed E-state index contributed by atoms with van der Waals surface area (Å²) in [6, 6.07) is 4.59. The zero-order chi connectivity index (χ0) is 15.0. The van der Waals surface area contributed by atoms with E-state index < -0.39 is 10.0 Å². The Bertz CT molecular complexity index is 609. The normalized spacial score (nSPS) is 22.9. The van der Waals surface area contributed by atoms with E-state index in [0.29, 0.717) is 30.4 Å². The highest BCUT2D eigenvalue weighted by Crippen LogP contribution is 2.36. The quantitative estimate of drug-likeness (QED) is 0.898. The molecular weight excluding hydrogens is 335 g/mol. The van der Waals surface area contributed by atoms with Crippen molar-refractivity contribution in [2.75, 3.05) is 26.7 Å². The Kier molecular flexibility index (Phi) is 5.91. The number of rotatable bonds is 4. The lowest BCUT2D eigenvalue weighted by atomic mass is 9.90. The Morgan fingerprint density at radius 1 is 1.48 bits per heavy atom. The lowest BCUT2D eigenvalue weighted by Crippen LogP contribution is -2.34. The number of sulfonamides is 1. The molecule has 0 aliphatic carbocycles. The van der Waals surface area contributed by atoms with Crippen molar-refractivity contribution in [3.63, 3.8) is 0 Å². The fourth-order valence-corrected chi connectivity index (χ4v) is 4.35. The van der Waals surface area contributed by atoms with Crippen LogP contribution in [0.4, 0.5) is 0 Å². The maximum Gasteiger partial charge on any atom is 0.246 e. The first-order valence-electron chi connectivity index (χ1n) is 6.36. The van der Waals surface area contributed by atoms with Crippen LogP contribution in [0.25, 0.3) is 0 Å². The minimum absolute atomic E-state index is 0. The smallest absolute Gasteiger partial charge is 0.246 e. The van der Waals surface area contributed by atoms with Crippen LogP contribution in [0.2, 0.25) is 5.02 Å². The summed E-state index contributed by atoms with van der Waals surface area (Å²) in [4.78, 5) is 0.105. The molecule has 1 aromatic rings. The van der Waals surface area contributed by atoms with Crippen LogP contribution in [0, 0.1) is 5.41 Å². The van der Waals surface area contributed by atoms with Gasteiger partial charge in [-0.3, -0.25) is 0 Å². The number of hydrogen-bond acceptors (Lipinski definition) is 4. The van der Waals surface area contributed by atoms with Crippen LogP contribution < -0.4 is 10.5 Å². The molecule has 0 radical (unpaired) electrons. The molecule has 1 unspecified atom stereocenters. The van der Waals surface area contributed by atoms with Crippen LogP contribution in [0.5, 0.6) is 5.75 Å². The van der Waals surface area contributed by atoms with Gasteiger partial charge in [0.2, 0.25) is 10.0 Å². The minimum Gasteiger partial charge on any atom is -0.495 e. The highest BCUT2D eigenvalue weighted by Gasteiger charge is 2.40. The van der Waals surface area contributed by atoms with Crippen LogP contribution in [0.1, 0.15) is 13.3 Å². The molecule has 1 heterocycles. The van der Waals surface area contributed by atoms with Gasteiger partial charge in [-0.15, -0.1) is 12.4 Å². The molecule has 21 heavy (non-hydrogen) atoms. The standard InChI is InChI=1S/C13H19ClN2O3S.ClH/c1-13(8-15)5-6-16(9-13)20(17,18)12-7-10(14)3-4-11(12)19-2;/h3-4,7H,5-6,8-9,15H2,1-2H3;1H. The first kappa shape index (κ1) is 18.5. The van der Waals surface area contributed by atoms with Gasteiger partial charge < -0.3 is 10.5 Å². The monoisotopic (exact) mass is 354 g/mol. The first-order chi connectivity index (χ1) is 9.32. The van der Waals surface area contributed by atoms with Crippen molar-refractivity contribution in [1.82, 2.24) is 4.31 Å². The van der Waals surface area contributed by atoms with Gasteiger partial charge in [-0.2, -0.15) is 4.31 Å². The number of halogens is 2. The van der Waals surface area contributed by atoms with Gasteiger partial charge >= 0.3 is 0 Å². The number of benzene rings is 1. The molecule has 0 saturated carbocycles. The number of methoxy groups -OCH3 is 1. The summed E-state index contributed by atoms with van der Waals surface area (Å²) >= 11 is 5.91. The lowest BCUT2D eigenvalue weighted by molar-refractivity contribution is 0.348. The second-order valence-corrected chi connectivity index (χ2v) is 7.74. The van der Waals surface area contributed by atoms with Crippen LogP contribution in [0.15, 0.2) is 23.1 Å². The van der Waals surface area contributed by atoms with Crippen molar-refractivity contribution < 1.29 is 13.2 Å². The van der Waals surface area contributed by atoms with E-state index in [0.717, 1.165) is 6.42 Å². The SMILES string of the molecule is COc1ccc(Cl)cc1S(=O)(=O)N1CCC(C)(CN)C1.Cl. The molecule has 2 rings (SSSR count). The minimum atomic E-state index is -3.62. The van der Waals surface area contributed by atoms with Gasteiger partial charge in [-0.1, -0.05) is 18.5 Å². The highest BCUT2D eigenvalue weighted by molar-refractivity contribution is 7.89. The van der Waals surface area contributed by atoms with Crippen LogP contribution in [-0.2, 0) is 10.0 Å². The molecule has 5 nitrogen and oxygen atoms in total. The second-order valence-electron chi connectivity index (χ2n) is 5.40. The van der Waals surface area contributed by atoms with Gasteiger partial charge in [-0.25, -0.2) is 8.42 Å². The maximum atomic E-state index is 12.7. The van der Waals surface area contributed by atoms with E-state index in [2.05, 4.69) is 0 Å². The van der Waals surface area contributed by atoms with E-state index in [1.807, 2.05) is 6.92 Å². The van der Waals surface area contributed by atoms with Gasteiger partial charge in [0.15, 0.2) is 0 Å². The van der Waals surface area contributed by atoms with E-state index in [-0.39, 0.29) is 22.7 Å². The van der Waals surface area contributed by atoms with Crippen molar-refractivity contribution in [3.05, 3.63) is 23.2 Å². The fourth-order valence-electron chi connectivity index (χ4n) is 2.34. The average Bonchev–Trinajstić information content (AvgIpc) is 2.83. The summed E-state index contributed by atoms with van der Waals surface area (Å²) in [6.45, 7) is 3.34. The third kappa shape index (κ3) is 3.63. The maximum absolute atomic E-state index is 12.7. The Balaban J connectivity index is 0.00000220. The van der Waals surface area contributed by atoms with Crippen molar-refractivity contribution in [2.24, 2.45) is 11.1 Å². The van der Waals surface area contributed by atoms with Gasteiger partial charge in [-0.05, 0) is 36.6 Å². The number of nitrogens with two attached hydrogens (primary N) is 1. The van der Waals surface area contributed by atoms with E-state index in [9.17, 15) is 8.42 Å². The summed E-state index contributed by atoms with van der Waals surface area (Å²) in [5.74, 6) is 0.302. The zero-order valence-electron chi connectivity index (χ0n) is 12.0. The molecule has 1 aliphatic rings. The predicted octanol–water partition coefficient (Wildman–Crippen LogP) is 2.13. The van der Waals surface area contributed by atoms with Gasteiger partial charge in [0.05, 0.1) is 7.11 Å². The summed E-state index contributed by atoms with van der Waals surface area (Å²) in [7, 11) is -2.18. The molecule has 1 aromatic carbocycles. The first-order valence-corrected chi connectivity index (χ1v) is 8.18. The molecule has 0 spiro atoms. The molecule has 1 aliphatic heterocycles. The Hall–Kier alpha value is -0.530. The van der Waals surface area contributed by atoms with E-state index in [1.165, 1.54) is 17.5 Å². The molecule has 0 bridgehead atoms. The van der Waals surface area contributed by atoms with Gasteiger partial charge in [0.25, 0.3) is 0 Å². The van der Waals surface area contributed by atoms with Crippen molar-refractivity contribution in [1.29, 1.82) is 0 Å².